The molecule has 2 amide bonds. The van der Waals surface area contributed by atoms with Gasteiger partial charge >= 0.3 is 0 Å². The zero-order valence-corrected chi connectivity index (χ0v) is 17.5. The number of carbonyl (C=O) groups is 2. The van der Waals surface area contributed by atoms with Crippen LogP contribution in [0.25, 0.3) is 0 Å². The van der Waals surface area contributed by atoms with Crippen molar-refractivity contribution in [1.29, 1.82) is 0 Å². The van der Waals surface area contributed by atoms with Gasteiger partial charge in [0.05, 0.1) is 17.3 Å². The molecule has 1 N–H and O–H groups in total. The summed E-state index contributed by atoms with van der Waals surface area (Å²) in [5.74, 6) is -0.757. The molecule has 2 aromatic carbocycles. The van der Waals surface area contributed by atoms with Crippen molar-refractivity contribution in [3.63, 3.8) is 0 Å². The first-order valence-electron chi connectivity index (χ1n) is 9.47. The van der Waals surface area contributed by atoms with Gasteiger partial charge in [0.1, 0.15) is 0 Å². The average Bonchev–Trinajstić information content (AvgIpc) is 2.75. The smallest absolute Gasteiger partial charge is 0.251 e. The fourth-order valence-corrected chi connectivity index (χ4v) is 3.74. The molecule has 5 nitrogen and oxygen atoms in total. The summed E-state index contributed by atoms with van der Waals surface area (Å²) in [6.07, 6.45) is 7.97. The lowest BCUT2D eigenvalue weighted by Gasteiger charge is -2.30. The van der Waals surface area contributed by atoms with Crippen LogP contribution >= 0.6 is 23.8 Å². The lowest BCUT2D eigenvalue weighted by Crippen LogP contribution is -2.46. The molecular formula is C23H18ClN3O2S. The Kier molecular flexibility index (Phi) is 5.88. The van der Waals surface area contributed by atoms with Gasteiger partial charge in [-0.15, -0.1) is 0 Å². The van der Waals surface area contributed by atoms with E-state index >= 15 is 0 Å². The van der Waals surface area contributed by atoms with E-state index in [0.29, 0.717) is 35.0 Å². The van der Waals surface area contributed by atoms with Gasteiger partial charge in [-0.3, -0.25) is 14.5 Å². The number of fused-ring (bicyclic) bond motifs is 1. The fourth-order valence-electron chi connectivity index (χ4n) is 3.31. The van der Waals surface area contributed by atoms with E-state index in [1.165, 1.54) is 4.90 Å². The second-order valence-corrected chi connectivity index (χ2v) is 7.70. The predicted molar refractivity (Wildman–Crippen MR) is 123 cm³/mol. The number of allylic oxidation sites excluding steroid dienone is 3. The van der Waals surface area contributed by atoms with Crippen LogP contribution in [0.1, 0.15) is 15.9 Å². The maximum atomic E-state index is 12.9. The fraction of sp³-hybridized carbons (Fsp3) is 0.130. The van der Waals surface area contributed by atoms with Crippen LogP contribution in [0.2, 0.25) is 5.02 Å². The lowest BCUT2D eigenvalue weighted by atomic mass is 9.95. The number of halogens is 1. The van der Waals surface area contributed by atoms with Gasteiger partial charge in [0.2, 0.25) is 11.0 Å². The zero-order chi connectivity index (χ0) is 21.1. The second-order valence-electron chi connectivity index (χ2n) is 6.89. The number of aliphatic imine (C=N–C) groups is 1. The Balaban J connectivity index is 1.40. The summed E-state index contributed by atoms with van der Waals surface area (Å²) in [6, 6.07) is 14.3. The largest absolute Gasteiger partial charge is 0.352 e. The summed E-state index contributed by atoms with van der Waals surface area (Å²) in [7, 11) is 0. The van der Waals surface area contributed by atoms with Crippen molar-refractivity contribution in [3.8, 4) is 0 Å². The molecule has 30 heavy (non-hydrogen) atoms. The number of benzene rings is 2. The monoisotopic (exact) mass is 435 g/mol. The van der Waals surface area contributed by atoms with Crippen molar-refractivity contribution in [3.05, 3.63) is 89.0 Å². The van der Waals surface area contributed by atoms with Crippen LogP contribution < -0.4 is 10.2 Å². The highest BCUT2D eigenvalue weighted by atomic mass is 35.5. The Bertz CT molecular complexity index is 1090. The minimum atomic E-state index is -0.433. The van der Waals surface area contributed by atoms with Crippen molar-refractivity contribution >= 4 is 52.1 Å². The molecule has 0 spiro atoms. The van der Waals surface area contributed by atoms with Crippen LogP contribution in [-0.2, 0) is 11.2 Å². The SMILES string of the molecule is O=C(NCCc1ccc(Cl)cc1)c1ccc(N2C(=O)C3C=CC=CC3=NC2=S)cc1. The minimum Gasteiger partial charge on any atom is -0.352 e. The summed E-state index contributed by atoms with van der Waals surface area (Å²) in [5, 5.41) is 3.79. The Morgan fingerprint density at radius 2 is 1.83 bits per heavy atom. The molecule has 1 heterocycles. The third-order valence-electron chi connectivity index (χ3n) is 4.90. The molecule has 1 aliphatic carbocycles. The highest BCUT2D eigenvalue weighted by Gasteiger charge is 2.34. The third kappa shape index (κ3) is 4.25. The Morgan fingerprint density at radius 1 is 1.10 bits per heavy atom. The molecule has 0 saturated carbocycles. The lowest BCUT2D eigenvalue weighted by molar-refractivity contribution is -0.118. The number of hydrogen-bond acceptors (Lipinski definition) is 3. The number of rotatable bonds is 5. The quantitative estimate of drug-likeness (QED) is 0.718. The summed E-state index contributed by atoms with van der Waals surface area (Å²) in [6.45, 7) is 0.510. The molecule has 0 radical (unpaired) electrons. The summed E-state index contributed by atoms with van der Waals surface area (Å²) in [5.41, 5.74) is 2.85. The standard InChI is InChI=1S/C23H18ClN3O2S/c24-17-9-5-15(6-10-17)13-14-25-21(28)16-7-11-18(12-8-16)27-22(29)19-3-1-2-4-20(19)26-23(27)30/h1-12,19H,13-14H2,(H,25,28). The molecule has 2 aromatic rings. The van der Waals surface area contributed by atoms with Crippen molar-refractivity contribution in [2.75, 3.05) is 11.4 Å². The van der Waals surface area contributed by atoms with Gasteiger partial charge in [0.15, 0.2) is 0 Å². The molecule has 7 heteroatoms. The third-order valence-corrected chi connectivity index (χ3v) is 5.43. The van der Waals surface area contributed by atoms with Crippen molar-refractivity contribution < 1.29 is 9.59 Å². The van der Waals surface area contributed by atoms with Crippen molar-refractivity contribution in [1.82, 2.24) is 5.32 Å². The molecule has 150 valence electrons. The van der Waals surface area contributed by atoms with E-state index in [4.69, 9.17) is 23.8 Å². The van der Waals surface area contributed by atoms with Crippen LogP contribution in [0, 0.1) is 5.92 Å². The van der Waals surface area contributed by atoms with E-state index in [0.717, 1.165) is 5.56 Å². The van der Waals surface area contributed by atoms with Crippen LogP contribution in [0.15, 0.2) is 77.8 Å². The number of nitrogens with zero attached hydrogens (tertiary/aromatic N) is 2. The number of carbonyl (C=O) groups excluding carboxylic acids is 2. The van der Waals surface area contributed by atoms with E-state index in [-0.39, 0.29) is 16.9 Å². The molecule has 0 fully saturated rings. The van der Waals surface area contributed by atoms with E-state index in [1.54, 1.807) is 36.4 Å². The summed E-state index contributed by atoms with van der Waals surface area (Å²) < 4.78 is 0. The predicted octanol–water partition coefficient (Wildman–Crippen LogP) is 4.13. The molecular weight excluding hydrogens is 418 g/mol. The van der Waals surface area contributed by atoms with Gasteiger partial charge in [-0.25, -0.2) is 4.99 Å². The molecule has 1 aliphatic heterocycles. The van der Waals surface area contributed by atoms with E-state index in [1.807, 2.05) is 36.4 Å². The van der Waals surface area contributed by atoms with Gasteiger partial charge in [-0.2, -0.15) is 0 Å². The molecule has 2 aliphatic rings. The zero-order valence-electron chi connectivity index (χ0n) is 15.9. The molecule has 1 unspecified atom stereocenters. The summed E-state index contributed by atoms with van der Waals surface area (Å²) >= 11 is 11.2. The number of amides is 2. The normalized spacial score (nSPS) is 17.6. The van der Waals surface area contributed by atoms with Gasteiger partial charge in [-0.05, 0) is 66.7 Å². The Morgan fingerprint density at radius 3 is 2.57 bits per heavy atom. The molecule has 0 bridgehead atoms. The molecule has 1 atom stereocenters. The highest BCUT2D eigenvalue weighted by molar-refractivity contribution is 7.80. The van der Waals surface area contributed by atoms with Crippen LogP contribution in [0.4, 0.5) is 5.69 Å². The van der Waals surface area contributed by atoms with Crippen molar-refractivity contribution in [2.45, 2.75) is 6.42 Å². The molecule has 0 aromatic heterocycles. The number of anilines is 1. The molecule has 4 rings (SSSR count). The minimum absolute atomic E-state index is 0.147. The van der Waals surface area contributed by atoms with Gasteiger partial charge in [0, 0.05) is 17.1 Å². The first-order valence-corrected chi connectivity index (χ1v) is 10.3. The number of thiocarbonyl (C=S) groups is 1. The van der Waals surface area contributed by atoms with Crippen LogP contribution in [-0.4, -0.2) is 29.2 Å². The Labute approximate surface area is 184 Å². The highest BCUT2D eigenvalue weighted by Crippen LogP contribution is 2.25. The molecule has 0 saturated heterocycles. The van der Waals surface area contributed by atoms with Gasteiger partial charge in [-0.1, -0.05) is 42.0 Å². The van der Waals surface area contributed by atoms with Gasteiger partial charge < -0.3 is 5.32 Å². The average molecular weight is 436 g/mol. The summed E-state index contributed by atoms with van der Waals surface area (Å²) in [4.78, 5) is 31.1. The van der Waals surface area contributed by atoms with Crippen molar-refractivity contribution in [2.24, 2.45) is 10.9 Å². The maximum absolute atomic E-state index is 12.9. The van der Waals surface area contributed by atoms with E-state index in [9.17, 15) is 9.59 Å². The van der Waals surface area contributed by atoms with E-state index in [2.05, 4.69) is 10.3 Å². The number of hydrogen-bond donors (Lipinski definition) is 1. The first kappa shape index (κ1) is 20.2. The maximum Gasteiger partial charge on any atom is 0.251 e. The second kappa shape index (κ2) is 8.73. The van der Waals surface area contributed by atoms with Crippen LogP contribution in [0.3, 0.4) is 0 Å². The number of nitrogens with one attached hydrogen (secondary N) is 1. The van der Waals surface area contributed by atoms with E-state index < -0.39 is 5.92 Å². The van der Waals surface area contributed by atoms with Crippen LogP contribution in [0.5, 0.6) is 0 Å². The topological polar surface area (TPSA) is 61.8 Å². The Hall–Kier alpha value is -3.09. The van der Waals surface area contributed by atoms with Gasteiger partial charge in [0.25, 0.3) is 5.91 Å². The first-order chi connectivity index (χ1) is 14.5.